The van der Waals surface area contributed by atoms with Gasteiger partial charge in [-0.1, -0.05) is 0 Å². The molecule has 3 rings (SSSR count). The Morgan fingerprint density at radius 1 is 1.33 bits per heavy atom. The van der Waals surface area contributed by atoms with Crippen LogP contribution in [0.3, 0.4) is 0 Å². The molecule has 0 bridgehead atoms. The minimum absolute atomic E-state index is 0.0976. The zero-order chi connectivity index (χ0) is 12.6. The van der Waals surface area contributed by atoms with Crippen molar-refractivity contribution in [2.45, 2.75) is 12.8 Å². The van der Waals surface area contributed by atoms with Gasteiger partial charge in [-0.3, -0.25) is 0 Å². The quantitative estimate of drug-likeness (QED) is 0.588. The molecule has 2 aliphatic heterocycles. The fourth-order valence-electron chi connectivity index (χ4n) is 2.59. The molecule has 0 aliphatic carbocycles. The number of hydrogen-bond acceptors (Lipinski definition) is 5. The standard InChI is InChI=1S/C12H15N3O3/c16-15(17)11-2-1-10(7-13-11)14-5-3-12(4-6-14)8-18-9-12/h1-2,7H,3-6,8-9H2. The molecule has 96 valence electrons. The second kappa shape index (κ2) is 4.20. The van der Waals surface area contributed by atoms with Gasteiger partial charge < -0.3 is 19.8 Å². The van der Waals surface area contributed by atoms with E-state index in [4.69, 9.17) is 4.74 Å². The van der Waals surface area contributed by atoms with Gasteiger partial charge in [0.1, 0.15) is 0 Å². The van der Waals surface area contributed by atoms with Crippen LogP contribution in [-0.2, 0) is 4.74 Å². The third-order valence-electron chi connectivity index (χ3n) is 3.93. The van der Waals surface area contributed by atoms with E-state index in [1.165, 1.54) is 6.07 Å². The third kappa shape index (κ3) is 1.92. The lowest BCUT2D eigenvalue weighted by Gasteiger charge is -2.47. The van der Waals surface area contributed by atoms with Gasteiger partial charge in [0.05, 0.1) is 18.9 Å². The second-order valence-corrected chi connectivity index (χ2v) is 5.11. The molecule has 0 aromatic carbocycles. The van der Waals surface area contributed by atoms with Crippen LogP contribution >= 0.6 is 0 Å². The number of nitro groups is 1. The largest absolute Gasteiger partial charge is 0.380 e. The molecule has 2 fully saturated rings. The van der Waals surface area contributed by atoms with E-state index in [1.54, 1.807) is 12.3 Å². The van der Waals surface area contributed by atoms with Gasteiger partial charge in [-0.15, -0.1) is 0 Å². The van der Waals surface area contributed by atoms with Crippen molar-refractivity contribution in [1.29, 1.82) is 0 Å². The van der Waals surface area contributed by atoms with E-state index in [-0.39, 0.29) is 5.82 Å². The maximum atomic E-state index is 10.5. The van der Waals surface area contributed by atoms with Gasteiger partial charge >= 0.3 is 5.82 Å². The van der Waals surface area contributed by atoms with E-state index >= 15 is 0 Å². The van der Waals surface area contributed by atoms with Crippen LogP contribution in [0.2, 0.25) is 0 Å². The molecule has 0 saturated carbocycles. The lowest BCUT2D eigenvalue weighted by atomic mass is 9.77. The van der Waals surface area contributed by atoms with Crippen LogP contribution in [0.1, 0.15) is 12.8 Å². The summed E-state index contributed by atoms with van der Waals surface area (Å²) in [7, 11) is 0. The number of pyridine rings is 1. The average Bonchev–Trinajstić information content (AvgIpc) is 2.37. The van der Waals surface area contributed by atoms with Crippen molar-refractivity contribution in [3.8, 4) is 0 Å². The van der Waals surface area contributed by atoms with Crippen LogP contribution in [0.25, 0.3) is 0 Å². The maximum absolute atomic E-state index is 10.5. The molecule has 0 atom stereocenters. The van der Waals surface area contributed by atoms with E-state index in [1.807, 2.05) is 0 Å². The summed E-state index contributed by atoms with van der Waals surface area (Å²) in [6.07, 6.45) is 3.85. The number of anilines is 1. The fraction of sp³-hybridized carbons (Fsp3) is 0.583. The summed E-state index contributed by atoms with van der Waals surface area (Å²) in [5, 5.41) is 10.5. The van der Waals surface area contributed by atoms with Gasteiger partial charge in [0.25, 0.3) is 0 Å². The van der Waals surface area contributed by atoms with Crippen molar-refractivity contribution in [2.75, 3.05) is 31.2 Å². The first-order valence-corrected chi connectivity index (χ1v) is 6.12. The lowest BCUT2D eigenvalue weighted by Crippen LogP contribution is -2.50. The molecule has 0 N–H and O–H groups in total. The van der Waals surface area contributed by atoms with E-state index < -0.39 is 4.92 Å². The van der Waals surface area contributed by atoms with Crippen molar-refractivity contribution in [1.82, 2.24) is 4.98 Å². The molecule has 2 saturated heterocycles. The molecular formula is C12H15N3O3. The highest BCUT2D eigenvalue weighted by Gasteiger charge is 2.41. The Morgan fingerprint density at radius 2 is 2.06 bits per heavy atom. The summed E-state index contributed by atoms with van der Waals surface area (Å²) in [5.41, 5.74) is 1.38. The molecule has 0 amide bonds. The van der Waals surface area contributed by atoms with Crippen LogP contribution in [0.4, 0.5) is 11.5 Å². The Labute approximate surface area is 105 Å². The Hall–Kier alpha value is -1.69. The van der Waals surface area contributed by atoms with Gasteiger partial charge in [0.15, 0.2) is 6.20 Å². The van der Waals surface area contributed by atoms with Crippen molar-refractivity contribution < 1.29 is 9.66 Å². The highest BCUT2D eigenvalue weighted by atomic mass is 16.6. The Bertz CT molecular complexity index is 446. The molecule has 0 radical (unpaired) electrons. The van der Waals surface area contributed by atoms with Gasteiger partial charge in [-0.05, 0) is 28.8 Å². The summed E-state index contributed by atoms with van der Waals surface area (Å²) in [5.74, 6) is -0.0976. The third-order valence-corrected chi connectivity index (χ3v) is 3.93. The lowest BCUT2D eigenvalue weighted by molar-refractivity contribution is -0.389. The zero-order valence-electron chi connectivity index (χ0n) is 10.0. The van der Waals surface area contributed by atoms with E-state index in [2.05, 4.69) is 9.88 Å². The van der Waals surface area contributed by atoms with Crippen LogP contribution < -0.4 is 4.90 Å². The summed E-state index contributed by atoms with van der Waals surface area (Å²) in [6, 6.07) is 3.24. The van der Waals surface area contributed by atoms with E-state index in [0.717, 1.165) is 44.8 Å². The predicted octanol–water partition coefficient (Wildman–Crippen LogP) is 1.61. The van der Waals surface area contributed by atoms with E-state index in [9.17, 15) is 10.1 Å². The Kier molecular flexibility index (Phi) is 2.66. The van der Waals surface area contributed by atoms with Crippen LogP contribution in [0.5, 0.6) is 0 Å². The van der Waals surface area contributed by atoms with Gasteiger partial charge in [-0.2, -0.15) is 0 Å². The SMILES string of the molecule is O=[N+]([O-])c1ccc(N2CCC3(CC2)COC3)cn1. The summed E-state index contributed by atoms with van der Waals surface area (Å²) in [6.45, 7) is 3.73. The summed E-state index contributed by atoms with van der Waals surface area (Å²) < 4.78 is 5.29. The molecule has 3 heterocycles. The first-order chi connectivity index (χ1) is 8.69. The number of ether oxygens (including phenoxy) is 1. The molecule has 2 aliphatic rings. The number of hydrogen-bond donors (Lipinski definition) is 0. The zero-order valence-corrected chi connectivity index (χ0v) is 10.0. The molecule has 1 aromatic rings. The van der Waals surface area contributed by atoms with Crippen molar-refractivity contribution in [2.24, 2.45) is 5.41 Å². The number of aromatic nitrogens is 1. The van der Waals surface area contributed by atoms with Crippen molar-refractivity contribution >= 4 is 11.5 Å². The van der Waals surface area contributed by atoms with Gasteiger partial charge in [0, 0.05) is 24.6 Å². The second-order valence-electron chi connectivity index (χ2n) is 5.11. The van der Waals surface area contributed by atoms with Crippen molar-refractivity contribution in [3.63, 3.8) is 0 Å². The normalized spacial score (nSPS) is 21.7. The van der Waals surface area contributed by atoms with Crippen LogP contribution in [0, 0.1) is 15.5 Å². The highest BCUT2D eigenvalue weighted by molar-refractivity contribution is 5.47. The predicted molar refractivity (Wildman–Crippen MR) is 65.6 cm³/mol. The number of nitrogens with zero attached hydrogens (tertiary/aromatic N) is 3. The summed E-state index contributed by atoms with van der Waals surface area (Å²) >= 11 is 0. The minimum atomic E-state index is -0.472. The number of rotatable bonds is 2. The molecule has 0 unspecified atom stereocenters. The Morgan fingerprint density at radius 3 is 2.50 bits per heavy atom. The van der Waals surface area contributed by atoms with E-state index in [0.29, 0.717) is 5.41 Å². The Balaban J connectivity index is 1.67. The molecule has 1 spiro atoms. The molecule has 1 aromatic heterocycles. The van der Waals surface area contributed by atoms with Crippen LogP contribution in [-0.4, -0.2) is 36.2 Å². The van der Waals surface area contributed by atoms with Crippen molar-refractivity contribution in [3.05, 3.63) is 28.4 Å². The summed E-state index contributed by atoms with van der Waals surface area (Å²) in [4.78, 5) is 16.2. The first-order valence-electron chi connectivity index (χ1n) is 6.12. The molecule has 6 nitrogen and oxygen atoms in total. The molecule has 6 heteroatoms. The monoisotopic (exact) mass is 249 g/mol. The number of piperidine rings is 1. The minimum Gasteiger partial charge on any atom is -0.380 e. The van der Waals surface area contributed by atoms with Gasteiger partial charge in [-0.25, -0.2) is 0 Å². The first kappa shape index (κ1) is 11.4. The molecular weight excluding hydrogens is 234 g/mol. The van der Waals surface area contributed by atoms with Gasteiger partial charge in [0.2, 0.25) is 0 Å². The highest BCUT2D eigenvalue weighted by Crippen LogP contribution is 2.39. The topological polar surface area (TPSA) is 68.5 Å². The smallest absolute Gasteiger partial charge is 0.363 e. The fourth-order valence-corrected chi connectivity index (χ4v) is 2.59. The molecule has 18 heavy (non-hydrogen) atoms. The maximum Gasteiger partial charge on any atom is 0.363 e. The van der Waals surface area contributed by atoms with Crippen LogP contribution in [0.15, 0.2) is 18.3 Å². The average molecular weight is 249 g/mol.